The second kappa shape index (κ2) is 9.04. The zero-order chi connectivity index (χ0) is 18.6. The fourth-order valence-corrected chi connectivity index (χ4v) is 4.73. The van der Waals surface area contributed by atoms with Crippen LogP contribution >= 0.6 is 50.3 Å². The van der Waals surface area contributed by atoms with Gasteiger partial charge < -0.3 is 9.47 Å². The van der Waals surface area contributed by atoms with Crippen LogP contribution in [-0.4, -0.2) is 49.3 Å². The molecule has 0 saturated carbocycles. The second-order valence-electron chi connectivity index (χ2n) is 4.89. The molecule has 134 valence electrons. The molecule has 0 aromatic heterocycles. The van der Waals surface area contributed by atoms with Crippen molar-refractivity contribution in [3.8, 4) is 5.75 Å². The summed E-state index contributed by atoms with van der Waals surface area (Å²) in [7, 11) is 3.36. The molecule has 0 aliphatic carbocycles. The summed E-state index contributed by atoms with van der Waals surface area (Å²) in [6.07, 6.45) is 1.81. The summed E-state index contributed by atoms with van der Waals surface area (Å²) in [6, 6.07) is 3.72. The van der Waals surface area contributed by atoms with Crippen LogP contribution < -0.4 is 4.74 Å². The molecule has 0 unspecified atom stereocenters. The third-order valence-electron chi connectivity index (χ3n) is 3.15. The van der Waals surface area contributed by atoms with Gasteiger partial charge in [-0.05, 0) is 81.0 Å². The minimum atomic E-state index is -0.418. The predicted molar refractivity (Wildman–Crippen MR) is 111 cm³/mol. The van der Waals surface area contributed by atoms with E-state index in [4.69, 9.17) is 9.47 Å². The molecule has 0 bridgehead atoms. The number of carbonyl (C=O) groups excluding carboxylic acids is 2. The van der Waals surface area contributed by atoms with Gasteiger partial charge in [0.05, 0.1) is 19.6 Å². The largest absolute Gasteiger partial charge is 0.480 e. The van der Waals surface area contributed by atoms with Gasteiger partial charge in [-0.25, -0.2) is 4.79 Å². The minimum absolute atomic E-state index is 0.0839. The Bertz CT molecular complexity index is 743. The zero-order valence-electron chi connectivity index (χ0n) is 13.8. The number of nitrogens with zero attached hydrogens (tertiary/aromatic N) is 2. The fraction of sp³-hybridized carbons (Fsp3) is 0.312. The van der Waals surface area contributed by atoms with Crippen molar-refractivity contribution in [3.63, 3.8) is 0 Å². The number of benzene rings is 1. The quantitative estimate of drug-likeness (QED) is 0.326. The highest BCUT2D eigenvalue weighted by Crippen LogP contribution is 2.35. The summed E-state index contributed by atoms with van der Waals surface area (Å²) >= 11 is 6.91. The summed E-state index contributed by atoms with van der Waals surface area (Å²) in [5.41, 5.74) is 0.848. The van der Waals surface area contributed by atoms with Crippen LogP contribution in [0.25, 0.3) is 6.08 Å². The number of hydrogen-bond acceptors (Lipinski definition) is 6. The van der Waals surface area contributed by atoms with Gasteiger partial charge in [0.25, 0.3) is 5.91 Å². The van der Waals surface area contributed by atoms with Crippen molar-refractivity contribution in [1.29, 1.82) is 0 Å². The second-order valence-corrected chi connectivity index (χ2v) is 7.91. The van der Waals surface area contributed by atoms with Gasteiger partial charge in [0, 0.05) is 14.1 Å². The van der Waals surface area contributed by atoms with Crippen molar-refractivity contribution < 1.29 is 19.1 Å². The third-order valence-corrected chi connectivity index (χ3v) is 5.69. The molecular formula is C16H16BrIN2O4S. The van der Waals surface area contributed by atoms with Gasteiger partial charge >= 0.3 is 5.97 Å². The maximum absolute atomic E-state index is 12.2. The number of rotatable bonds is 5. The van der Waals surface area contributed by atoms with E-state index in [1.54, 1.807) is 21.0 Å². The van der Waals surface area contributed by atoms with Gasteiger partial charge in [-0.3, -0.25) is 14.7 Å². The van der Waals surface area contributed by atoms with Crippen LogP contribution in [0.15, 0.2) is 26.5 Å². The summed E-state index contributed by atoms with van der Waals surface area (Å²) in [4.78, 5) is 29.9. The molecule has 1 aromatic carbocycles. The maximum Gasteiger partial charge on any atom is 0.344 e. The molecule has 1 fully saturated rings. The van der Waals surface area contributed by atoms with E-state index < -0.39 is 5.97 Å². The van der Waals surface area contributed by atoms with E-state index >= 15 is 0 Å². The molecule has 9 heteroatoms. The monoisotopic (exact) mass is 538 g/mol. The zero-order valence-corrected chi connectivity index (χ0v) is 18.4. The van der Waals surface area contributed by atoms with E-state index in [0.29, 0.717) is 26.9 Å². The van der Waals surface area contributed by atoms with E-state index in [1.807, 2.05) is 18.2 Å². The Hall–Kier alpha value is -1.07. The van der Waals surface area contributed by atoms with Crippen LogP contribution in [0.1, 0.15) is 12.5 Å². The molecule has 1 saturated heterocycles. The molecule has 6 nitrogen and oxygen atoms in total. The number of hydrogen-bond donors (Lipinski definition) is 0. The van der Waals surface area contributed by atoms with E-state index in [9.17, 15) is 9.59 Å². The Labute approximate surface area is 172 Å². The lowest BCUT2D eigenvalue weighted by Gasteiger charge is -2.11. The SMILES string of the molecule is CCOC(=O)COc1c(Br)cc(/C=C2\SC(=NC)N(C)C2=O)cc1I. The number of aliphatic imine (C=N–C) groups is 1. The summed E-state index contributed by atoms with van der Waals surface area (Å²) in [6.45, 7) is 1.91. The molecule has 0 N–H and O–H groups in total. The highest BCUT2D eigenvalue weighted by molar-refractivity contribution is 14.1. The fourth-order valence-electron chi connectivity index (χ4n) is 2.04. The Morgan fingerprint density at radius 1 is 1.48 bits per heavy atom. The average molecular weight is 539 g/mol. The van der Waals surface area contributed by atoms with Crippen LogP contribution in [0.2, 0.25) is 0 Å². The maximum atomic E-state index is 12.2. The first-order chi connectivity index (χ1) is 11.9. The first kappa shape index (κ1) is 20.2. The summed E-state index contributed by atoms with van der Waals surface area (Å²) in [5.74, 6) is 0.0623. The number of esters is 1. The van der Waals surface area contributed by atoms with Crippen molar-refractivity contribution in [1.82, 2.24) is 4.90 Å². The van der Waals surface area contributed by atoms with Gasteiger partial charge in [0.15, 0.2) is 11.8 Å². The van der Waals surface area contributed by atoms with Gasteiger partial charge in [-0.1, -0.05) is 0 Å². The van der Waals surface area contributed by atoms with E-state index in [-0.39, 0.29) is 12.5 Å². The van der Waals surface area contributed by atoms with Crippen LogP contribution in [0, 0.1) is 3.57 Å². The lowest BCUT2D eigenvalue weighted by molar-refractivity contribution is -0.145. The summed E-state index contributed by atoms with van der Waals surface area (Å²) in [5, 5.41) is 0.666. The molecule has 1 heterocycles. The highest BCUT2D eigenvalue weighted by Gasteiger charge is 2.29. The summed E-state index contributed by atoms with van der Waals surface area (Å²) < 4.78 is 11.9. The Morgan fingerprint density at radius 2 is 2.20 bits per heavy atom. The molecule has 25 heavy (non-hydrogen) atoms. The molecule has 0 spiro atoms. The first-order valence-corrected chi connectivity index (χ1v) is 9.98. The van der Waals surface area contributed by atoms with Gasteiger partial charge in [0.2, 0.25) is 0 Å². The lowest BCUT2D eigenvalue weighted by atomic mass is 10.2. The van der Waals surface area contributed by atoms with Crippen molar-refractivity contribution in [2.24, 2.45) is 4.99 Å². The van der Waals surface area contributed by atoms with Gasteiger partial charge in [-0.2, -0.15) is 0 Å². The normalized spacial score (nSPS) is 17.5. The van der Waals surface area contributed by atoms with Crippen LogP contribution in [0.5, 0.6) is 5.75 Å². The number of thioether (sulfide) groups is 1. The smallest absolute Gasteiger partial charge is 0.344 e. The molecule has 1 aliphatic rings. The van der Waals surface area contributed by atoms with Crippen molar-refractivity contribution in [2.75, 3.05) is 27.3 Å². The number of amidine groups is 1. The van der Waals surface area contributed by atoms with Crippen molar-refractivity contribution >= 4 is 73.4 Å². The lowest BCUT2D eigenvalue weighted by Crippen LogP contribution is -2.23. The Kier molecular flexibility index (Phi) is 7.32. The molecule has 0 atom stereocenters. The van der Waals surface area contributed by atoms with Gasteiger partial charge in [-0.15, -0.1) is 0 Å². The Balaban J connectivity index is 2.21. The highest BCUT2D eigenvalue weighted by atomic mass is 127. The third kappa shape index (κ3) is 4.98. The number of likely N-dealkylation sites (N-methyl/N-ethyl adjacent to an activating group) is 1. The molecule has 0 radical (unpaired) electrons. The number of carbonyl (C=O) groups is 2. The molecule has 2 rings (SSSR count). The van der Waals surface area contributed by atoms with E-state index in [1.165, 1.54) is 16.7 Å². The van der Waals surface area contributed by atoms with Crippen molar-refractivity contribution in [3.05, 3.63) is 30.6 Å². The Morgan fingerprint density at radius 3 is 2.76 bits per heavy atom. The van der Waals surface area contributed by atoms with Gasteiger partial charge in [0.1, 0.15) is 5.75 Å². The molecule has 1 amide bonds. The van der Waals surface area contributed by atoms with Crippen LogP contribution in [-0.2, 0) is 14.3 Å². The van der Waals surface area contributed by atoms with Crippen LogP contribution in [0.3, 0.4) is 0 Å². The number of halogens is 2. The van der Waals surface area contributed by atoms with E-state index in [0.717, 1.165) is 9.13 Å². The van der Waals surface area contributed by atoms with Crippen LogP contribution in [0.4, 0.5) is 0 Å². The molecule has 1 aromatic rings. The topological polar surface area (TPSA) is 68.2 Å². The average Bonchev–Trinajstić information content (AvgIpc) is 2.82. The van der Waals surface area contributed by atoms with Crippen molar-refractivity contribution in [2.45, 2.75) is 6.92 Å². The number of ether oxygens (including phenoxy) is 2. The first-order valence-electron chi connectivity index (χ1n) is 7.29. The molecular weight excluding hydrogens is 523 g/mol. The number of amides is 1. The standard InChI is InChI=1S/C16H16BrIN2O4S/c1-4-23-13(21)8-24-14-10(17)5-9(6-11(14)18)7-12-15(22)20(3)16(19-2)25-12/h5-7H,4,8H2,1-3H3/b12-7-,19-16?. The van der Waals surface area contributed by atoms with E-state index in [2.05, 4.69) is 43.5 Å². The minimum Gasteiger partial charge on any atom is -0.480 e. The predicted octanol–water partition coefficient (Wildman–Crippen LogP) is 3.53. The molecule has 1 aliphatic heterocycles.